The van der Waals surface area contributed by atoms with E-state index in [1.165, 1.54) is 0 Å². The molecule has 4 nitrogen and oxygen atoms in total. The van der Waals surface area contributed by atoms with Crippen molar-refractivity contribution in [1.29, 1.82) is 0 Å². The zero-order valence-electron chi connectivity index (χ0n) is 11.8. The lowest BCUT2D eigenvalue weighted by molar-refractivity contribution is 0.174. The second-order valence-corrected chi connectivity index (χ2v) is 6.39. The molecule has 5 heteroatoms. The summed E-state index contributed by atoms with van der Waals surface area (Å²) in [5.41, 5.74) is 0.861. The molecule has 0 bridgehead atoms. The molecule has 1 rings (SSSR count). The van der Waals surface area contributed by atoms with Crippen molar-refractivity contribution in [3.8, 4) is 5.75 Å². The third-order valence-electron chi connectivity index (χ3n) is 3.13. The average Bonchev–Trinajstić information content (AvgIpc) is 2.43. The van der Waals surface area contributed by atoms with E-state index in [2.05, 4.69) is 5.32 Å². The highest BCUT2D eigenvalue weighted by Gasteiger charge is 2.08. The lowest BCUT2D eigenvalue weighted by atomic mass is 10.1. The predicted molar refractivity (Wildman–Crippen MR) is 79.0 cm³/mol. The summed E-state index contributed by atoms with van der Waals surface area (Å²) in [6, 6.07) is 7.38. The summed E-state index contributed by atoms with van der Waals surface area (Å²) in [6.45, 7) is 3.22. The van der Waals surface area contributed by atoms with E-state index in [9.17, 15) is 9.32 Å². The molecule has 2 N–H and O–H groups in total. The minimum Gasteiger partial charge on any atom is -0.497 e. The second-order valence-electron chi connectivity index (χ2n) is 4.59. The zero-order chi connectivity index (χ0) is 14.3. The van der Waals surface area contributed by atoms with Gasteiger partial charge < -0.3 is 15.2 Å². The summed E-state index contributed by atoms with van der Waals surface area (Å²) in [6.07, 6.45) is 2.03. The lowest BCUT2D eigenvalue weighted by Gasteiger charge is -2.14. The number of aliphatic hydroxyl groups is 1. The Hall–Kier alpha value is -0.910. The Bertz CT molecular complexity index is 394. The van der Waals surface area contributed by atoms with Gasteiger partial charge in [0.1, 0.15) is 5.75 Å². The quantitative estimate of drug-likeness (QED) is 0.710. The van der Waals surface area contributed by atoms with Gasteiger partial charge in [-0.3, -0.25) is 4.21 Å². The first-order valence-corrected chi connectivity index (χ1v) is 8.01. The minimum absolute atomic E-state index is 0.186. The van der Waals surface area contributed by atoms with Gasteiger partial charge in [-0.05, 0) is 30.7 Å². The lowest BCUT2D eigenvalue weighted by Crippen LogP contribution is -2.25. The molecule has 0 aliphatic carbocycles. The summed E-state index contributed by atoms with van der Waals surface area (Å²) in [4.78, 5) is 0. The molecule has 108 valence electrons. The second kappa shape index (κ2) is 8.30. The number of methoxy groups -OCH3 is 1. The molecule has 3 atom stereocenters. The number of ether oxygens (including phenoxy) is 1. The molecule has 0 saturated carbocycles. The molecule has 3 unspecified atom stereocenters. The van der Waals surface area contributed by atoms with Crippen molar-refractivity contribution in [1.82, 2.24) is 5.32 Å². The van der Waals surface area contributed by atoms with Gasteiger partial charge in [0.05, 0.1) is 13.2 Å². The van der Waals surface area contributed by atoms with Gasteiger partial charge in [0.25, 0.3) is 0 Å². The summed E-state index contributed by atoms with van der Waals surface area (Å²) in [5, 5.41) is 13.4. The van der Waals surface area contributed by atoms with E-state index in [0.717, 1.165) is 24.3 Å². The number of benzene rings is 1. The van der Waals surface area contributed by atoms with E-state index in [4.69, 9.17) is 4.74 Å². The van der Waals surface area contributed by atoms with Gasteiger partial charge in [-0.1, -0.05) is 19.1 Å². The van der Waals surface area contributed by atoms with Gasteiger partial charge in [0.15, 0.2) is 0 Å². The van der Waals surface area contributed by atoms with E-state index < -0.39 is 16.9 Å². The fourth-order valence-corrected chi connectivity index (χ4v) is 2.10. The summed E-state index contributed by atoms with van der Waals surface area (Å²) in [5.74, 6) is 0.781. The topological polar surface area (TPSA) is 58.6 Å². The normalized spacial score (nSPS) is 15.8. The zero-order valence-corrected chi connectivity index (χ0v) is 12.6. The van der Waals surface area contributed by atoms with Crippen LogP contribution in [-0.2, 0) is 10.8 Å². The highest BCUT2D eigenvalue weighted by atomic mass is 32.2. The van der Waals surface area contributed by atoms with Gasteiger partial charge in [0.2, 0.25) is 0 Å². The Kier molecular flexibility index (Phi) is 7.05. The minimum atomic E-state index is -0.781. The van der Waals surface area contributed by atoms with Crippen LogP contribution in [0.15, 0.2) is 24.3 Å². The molecule has 0 aromatic heterocycles. The molecule has 0 saturated heterocycles. The van der Waals surface area contributed by atoms with Gasteiger partial charge in [-0.2, -0.15) is 0 Å². The average molecular weight is 285 g/mol. The standard InChI is InChI=1S/C14H23NO3S/c1-11(19(3)17)8-9-15-10-14(16)12-4-6-13(18-2)7-5-12/h4-7,11,14-16H,8-10H2,1-3H3. The molecule has 0 aliphatic rings. The van der Waals surface area contributed by atoms with Gasteiger partial charge >= 0.3 is 0 Å². The number of rotatable bonds is 8. The third-order valence-corrected chi connectivity index (χ3v) is 4.50. The fourth-order valence-electron chi connectivity index (χ4n) is 1.65. The van der Waals surface area contributed by atoms with Crippen molar-refractivity contribution in [3.63, 3.8) is 0 Å². The predicted octanol–water partition coefficient (Wildman–Crippen LogP) is 1.48. The Labute approximate surface area is 117 Å². The van der Waals surface area contributed by atoms with E-state index in [1.54, 1.807) is 13.4 Å². The van der Waals surface area contributed by atoms with Crippen LogP contribution >= 0.6 is 0 Å². The van der Waals surface area contributed by atoms with Crippen molar-refractivity contribution < 1.29 is 14.1 Å². The van der Waals surface area contributed by atoms with Crippen LogP contribution in [0.5, 0.6) is 5.75 Å². The summed E-state index contributed by atoms with van der Waals surface area (Å²) in [7, 11) is 0.836. The maximum absolute atomic E-state index is 11.2. The highest BCUT2D eigenvalue weighted by Crippen LogP contribution is 2.16. The monoisotopic (exact) mass is 285 g/mol. The van der Waals surface area contributed by atoms with E-state index in [-0.39, 0.29) is 5.25 Å². The van der Waals surface area contributed by atoms with E-state index >= 15 is 0 Å². The van der Waals surface area contributed by atoms with Crippen LogP contribution in [0, 0.1) is 0 Å². The van der Waals surface area contributed by atoms with Crippen LogP contribution in [0.1, 0.15) is 25.0 Å². The first kappa shape index (κ1) is 16.1. The van der Waals surface area contributed by atoms with Crippen LogP contribution in [0.3, 0.4) is 0 Å². The Balaban J connectivity index is 2.30. The highest BCUT2D eigenvalue weighted by molar-refractivity contribution is 7.84. The van der Waals surface area contributed by atoms with Gasteiger partial charge in [0, 0.05) is 28.9 Å². The first-order chi connectivity index (χ1) is 9.04. The van der Waals surface area contributed by atoms with Crippen LogP contribution in [-0.4, -0.2) is 41.0 Å². The van der Waals surface area contributed by atoms with Crippen molar-refractivity contribution in [2.45, 2.75) is 24.7 Å². The molecule has 0 radical (unpaired) electrons. The fraction of sp³-hybridized carbons (Fsp3) is 0.571. The Morgan fingerprint density at radius 3 is 2.53 bits per heavy atom. The van der Waals surface area contributed by atoms with Crippen molar-refractivity contribution in [2.24, 2.45) is 0 Å². The van der Waals surface area contributed by atoms with Crippen LogP contribution < -0.4 is 10.1 Å². The van der Waals surface area contributed by atoms with Crippen LogP contribution in [0.4, 0.5) is 0 Å². The van der Waals surface area contributed by atoms with Crippen molar-refractivity contribution in [2.75, 3.05) is 26.5 Å². The third kappa shape index (κ3) is 5.72. The molecule has 1 aromatic rings. The molecular weight excluding hydrogens is 262 g/mol. The molecule has 0 fully saturated rings. The summed E-state index contributed by atoms with van der Waals surface area (Å²) < 4.78 is 16.2. The summed E-state index contributed by atoms with van der Waals surface area (Å²) >= 11 is 0. The molecule has 0 amide bonds. The molecule has 1 aromatic carbocycles. The van der Waals surface area contributed by atoms with Crippen LogP contribution in [0.2, 0.25) is 0 Å². The van der Waals surface area contributed by atoms with Crippen LogP contribution in [0.25, 0.3) is 0 Å². The molecule has 19 heavy (non-hydrogen) atoms. The molecule has 0 aliphatic heterocycles. The number of hydrogen-bond donors (Lipinski definition) is 2. The molecule has 0 heterocycles. The Morgan fingerprint density at radius 1 is 1.37 bits per heavy atom. The van der Waals surface area contributed by atoms with E-state index in [1.807, 2.05) is 31.2 Å². The maximum Gasteiger partial charge on any atom is 0.118 e. The van der Waals surface area contributed by atoms with Crippen molar-refractivity contribution >= 4 is 10.8 Å². The van der Waals surface area contributed by atoms with Crippen molar-refractivity contribution in [3.05, 3.63) is 29.8 Å². The Morgan fingerprint density at radius 2 is 2.00 bits per heavy atom. The van der Waals surface area contributed by atoms with Gasteiger partial charge in [-0.15, -0.1) is 0 Å². The maximum atomic E-state index is 11.2. The first-order valence-electron chi connectivity index (χ1n) is 6.39. The number of nitrogens with one attached hydrogen (secondary N) is 1. The van der Waals surface area contributed by atoms with E-state index in [0.29, 0.717) is 6.54 Å². The molecular formula is C14H23NO3S. The largest absolute Gasteiger partial charge is 0.497 e. The molecule has 0 spiro atoms. The number of hydrogen-bond acceptors (Lipinski definition) is 4. The van der Waals surface area contributed by atoms with Gasteiger partial charge in [-0.25, -0.2) is 0 Å². The SMILES string of the molecule is COc1ccc(C(O)CNCCC(C)S(C)=O)cc1. The number of aliphatic hydroxyl groups excluding tert-OH is 1. The smallest absolute Gasteiger partial charge is 0.118 e.